The van der Waals surface area contributed by atoms with Crippen molar-refractivity contribution in [2.45, 2.75) is 33.6 Å². The van der Waals surface area contributed by atoms with Crippen LogP contribution in [0, 0.1) is 35.8 Å². The van der Waals surface area contributed by atoms with E-state index in [2.05, 4.69) is 9.69 Å². The molecule has 0 amide bonds. The van der Waals surface area contributed by atoms with Gasteiger partial charge in [0.15, 0.2) is 0 Å². The van der Waals surface area contributed by atoms with Crippen LogP contribution in [0.25, 0.3) is 43.6 Å². The van der Waals surface area contributed by atoms with Gasteiger partial charge < -0.3 is 0 Å². The van der Waals surface area contributed by atoms with Crippen molar-refractivity contribution in [3.8, 4) is 34.4 Å². The van der Waals surface area contributed by atoms with Crippen LogP contribution in [0.15, 0.2) is 80.9 Å². The van der Waals surface area contributed by atoms with E-state index in [0.29, 0.717) is 24.3 Å². The molecule has 5 rings (SSSR count). The summed E-state index contributed by atoms with van der Waals surface area (Å²) in [6.45, 7) is 14.7. The number of nitriles is 2. The van der Waals surface area contributed by atoms with Gasteiger partial charge in [-0.15, -0.1) is 0 Å². The number of hydrogen-bond donors (Lipinski definition) is 0. The number of fused-ring (bicyclic) bond motifs is 2. The second kappa shape index (κ2) is 11.9. The predicted octanol–water partition coefficient (Wildman–Crippen LogP) is 6.27. The van der Waals surface area contributed by atoms with Crippen molar-refractivity contribution in [3.63, 3.8) is 0 Å². The van der Waals surface area contributed by atoms with Crippen LogP contribution in [0.3, 0.4) is 0 Å². The van der Waals surface area contributed by atoms with Crippen LogP contribution in [0.2, 0.25) is 0 Å². The number of sulfone groups is 2. The Morgan fingerprint density at radius 3 is 1.30 bits per heavy atom. The molecule has 8 nitrogen and oxygen atoms in total. The van der Waals surface area contributed by atoms with Gasteiger partial charge >= 0.3 is 16.8 Å². The first kappa shape index (κ1) is 35.5. The highest BCUT2D eigenvalue weighted by Gasteiger charge is 2.48. The molecule has 0 radical (unpaired) electrons. The summed E-state index contributed by atoms with van der Waals surface area (Å²) in [5.41, 5.74) is -14.4. The first-order valence-electron chi connectivity index (χ1n) is 13.4. The molecule has 0 fully saturated rings. The van der Waals surface area contributed by atoms with E-state index in [0.717, 1.165) is 24.3 Å². The average molecular weight is 733 g/mol. The summed E-state index contributed by atoms with van der Waals surface area (Å²) in [7, 11) is -11.7. The Balaban J connectivity index is 1.97. The molecule has 0 unspecified atom stereocenters. The van der Waals surface area contributed by atoms with Gasteiger partial charge in [0.05, 0.1) is 15.4 Å². The molecule has 2 aliphatic carbocycles. The van der Waals surface area contributed by atoms with E-state index in [4.69, 9.17) is 13.1 Å². The number of halogens is 8. The Bertz CT molecular complexity index is 2420. The molecular formula is C32H12F8N4O4S2. The van der Waals surface area contributed by atoms with Crippen molar-refractivity contribution in [1.82, 2.24) is 0 Å². The Morgan fingerprint density at radius 2 is 0.980 bits per heavy atom. The van der Waals surface area contributed by atoms with Gasteiger partial charge in [-0.05, 0) is 57.6 Å². The van der Waals surface area contributed by atoms with E-state index in [1.165, 1.54) is 12.1 Å². The van der Waals surface area contributed by atoms with Crippen molar-refractivity contribution in [3.05, 3.63) is 115 Å². The summed E-state index contributed by atoms with van der Waals surface area (Å²) in [6, 6.07) is 8.69. The average Bonchev–Trinajstić information content (AvgIpc) is 3.57. The van der Waals surface area contributed by atoms with E-state index in [1.807, 2.05) is 0 Å². The quantitative estimate of drug-likeness (QED) is 0.177. The largest absolute Gasteiger partial charge is 0.525 e. The highest BCUT2D eigenvalue weighted by atomic mass is 32.2. The predicted molar refractivity (Wildman–Crippen MR) is 158 cm³/mol. The molecule has 0 aromatic heterocycles. The number of benzene rings is 3. The van der Waals surface area contributed by atoms with E-state index < -0.39 is 98.0 Å². The minimum atomic E-state index is -5.85. The molecule has 3 aromatic carbocycles. The third-order valence-corrected chi connectivity index (χ3v) is 10.9. The van der Waals surface area contributed by atoms with Crippen molar-refractivity contribution < 1.29 is 52.0 Å². The summed E-state index contributed by atoms with van der Waals surface area (Å²) in [5, 5.41) is 18.2. The fraction of sp³-hybridized carbons (Fsp3) is 0.125. The van der Waals surface area contributed by atoms with Gasteiger partial charge in [0.1, 0.15) is 42.5 Å². The molecule has 50 heavy (non-hydrogen) atoms. The van der Waals surface area contributed by atoms with Gasteiger partial charge in [0, 0.05) is 28.9 Å². The molecule has 0 saturated carbocycles. The Hall–Kier alpha value is -5.82. The molecule has 0 heterocycles. The fourth-order valence-corrected chi connectivity index (χ4v) is 7.23. The molecule has 0 saturated heterocycles. The monoisotopic (exact) mass is 732 g/mol. The van der Waals surface area contributed by atoms with Crippen LogP contribution >= 0.6 is 0 Å². The third kappa shape index (κ3) is 5.30. The molecule has 0 bridgehead atoms. The van der Waals surface area contributed by atoms with Crippen LogP contribution in [0.5, 0.6) is 0 Å². The Kier molecular flexibility index (Phi) is 8.48. The summed E-state index contributed by atoms with van der Waals surface area (Å²) in [5.74, 6) is -3.22. The minimum Gasteiger partial charge on any atom is -0.214 e. The second-order valence-electron chi connectivity index (χ2n) is 10.5. The van der Waals surface area contributed by atoms with E-state index >= 15 is 8.78 Å². The zero-order valence-corrected chi connectivity index (χ0v) is 25.9. The number of rotatable bonds is 4. The van der Waals surface area contributed by atoms with Crippen LogP contribution in [-0.2, 0) is 32.5 Å². The smallest absolute Gasteiger partial charge is 0.214 e. The van der Waals surface area contributed by atoms with Gasteiger partial charge in [-0.3, -0.25) is 0 Å². The Morgan fingerprint density at radius 1 is 0.640 bits per heavy atom. The van der Waals surface area contributed by atoms with Crippen LogP contribution < -0.4 is 10.4 Å². The van der Waals surface area contributed by atoms with Crippen molar-refractivity contribution >= 4 is 31.3 Å². The van der Waals surface area contributed by atoms with Crippen LogP contribution in [-0.4, -0.2) is 27.9 Å². The lowest BCUT2D eigenvalue weighted by Gasteiger charge is -2.17. The minimum absolute atomic E-state index is 0.190. The second-order valence-corrected chi connectivity index (χ2v) is 14.4. The third-order valence-electron chi connectivity index (χ3n) is 7.91. The molecule has 0 spiro atoms. The number of hydrogen-bond acceptors (Lipinski definition) is 6. The van der Waals surface area contributed by atoms with Gasteiger partial charge in [-0.25, -0.2) is 25.6 Å². The molecule has 2 aliphatic rings. The highest BCUT2D eigenvalue weighted by Crippen LogP contribution is 2.41. The first-order valence-corrected chi connectivity index (χ1v) is 16.4. The fourth-order valence-electron chi connectivity index (χ4n) is 5.70. The van der Waals surface area contributed by atoms with Crippen molar-refractivity contribution in [2.24, 2.45) is 0 Å². The maximum absolute atomic E-state index is 16.5. The summed E-state index contributed by atoms with van der Waals surface area (Å²) in [6.07, 6.45) is -1.24. The summed E-state index contributed by atoms with van der Waals surface area (Å²) in [4.78, 5) is 3.62. The molecule has 3 aromatic rings. The molecule has 18 heteroatoms. The lowest BCUT2D eigenvalue weighted by atomic mass is 9.87. The molecule has 252 valence electrons. The normalized spacial score (nSPS) is 14.3. The van der Waals surface area contributed by atoms with E-state index in [1.54, 1.807) is 0 Å². The number of alkyl halides is 6. The molecule has 0 aliphatic heterocycles. The zero-order valence-electron chi connectivity index (χ0n) is 24.3. The van der Waals surface area contributed by atoms with Gasteiger partial charge in [-0.1, -0.05) is 24.3 Å². The summed E-state index contributed by atoms with van der Waals surface area (Å²) < 4.78 is 160. The maximum atomic E-state index is 16.5. The standard InChI is InChI=1S/C32H12F8N4O4S2/c1-43-30(44-2)23-12-22-25(16-5-9-19(10-6-16)50(47,48)32(38,39)40)26-21(11-20(28(26)33)17(13-41)14-42)24(27(22)29(23)34)15-3-7-18(8-4-15)49(45,46)31(35,36)37/h3-10H,11-12H2. The van der Waals surface area contributed by atoms with E-state index in [-0.39, 0.29) is 33.4 Å². The van der Waals surface area contributed by atoms with Gasteiger partial charge in [-0.2, -0.15) is 46.6 Å². The molecule has 0 atom stereocenters. The van der Waals surface area contributed by atoms with Crippen LogP contribution in [0.1, 0.15) is 11.1 Å². The van der Waals surface area contributed by atoms with Crippen molar-refractivity contribution in [2.75, 3.05) is 0 Å². The van der Waals surface area contributed by atoms with Gasteiger partial charge in [0.2, 0.25) is 0 Å². The van der Waals surface area contributed by atoms with Crippen LogP contribution in [0.4, 0.5) is 35.1 Å². The number of nitrogens with zero attached hydrogens (tertiary/aromatic N) is 4. The molecular weight excluding hydrogens is 720 g/mol. The topological polar surface area (TPSA) is 125 Å². The first-order chi connectivity index (χ1) is 23.3. The summed E-state index contributed by atoms with van der Waals surface area (Å²) >= 11 is 0. The van der Waals surface area contributed by atoms with Crippen molar-refractivity contribution in [1.29, 1.82) is 10.5 Å². The maximum Gasteiger partial charge on any atom is 0.525 e. The Labute approximate surface area is 276 Å². The van der Waals surface area contributed by atoms with E-state index in [9.17, 15) is 53.7 Å². The SMILES string of the molecule is [C-]#[N+]C([N+]#[C-])=C1Cc2c(-c3ccc(S(=O)(=O)C(F)(F)F)cc3)c3c(c(-c4ccc(S(=O)(=O)C(F)(F)F)cc4)c2=C1F)CC(=C(C#N)C#N)C=3F. The number of allylic oxidation sites excluding steroid dienone is 3. The highest BCUT2D eigenvalue weighted by molar-refractivity contribution is 7.92. The lowest BCUT2D eigenvalue weighted by molar-refractivity contribution is -0.0442. The van der Waals surface area contributed by atoms with Gasteiger partial charge in [0.25, 0.3) is 19.7 Å². The lowest BCUT2D eigenvalue weighted by Crippen LogP contribution is -2.25. The zero-order chi connectivity index (χ0) is 37.1. The molecule has 0 N–H and O–H groups in total.